The topological polar surface area (TPSA) is 37.0 Å². The molecule has 1 aromatic rings. The summed E-state index contributed by atoms with van der Waals surface area (Å²) in [5.74, 6) is -1.14. The Kier molecular flexibility index (Phi) is 4.73. The van der Waals surface area contributed by atoms with Crippen LogP contribution in [0.2, 0.25) is 0 Å². The lowest BCUT2D eigenvalue weighted by Gasteiger charge is -2.21. The molecule has 0 saturated carbocycles. The minimum Gasteiger partial charge on any atom is -0.359 e. The van der Waals surface area contributed by atoms with Crippen LogP contribution in [0.4, 0.5) is 23.4 Å². The zero-order chi connectivity index (χ0) is 14.7. The Labute approximate surface area is 109 Å². The zero-order valence-corrected chi connectivity index (χ0v) is 11.0. The van der Waals surface area contributed by atoms with Gasteiger partial charge in [0, 0.05) is 23.8 Å². The molecule has 7 heteroatoms. The fourth-order valence-electron chi connectivity index (χ4n) is 1.29. The Bertz CT molecular complexity index is 388. The predicted molar refractivity (Wildman–Crippen MR) is 65.3 cm³/mol. The molecule has 1 aromatic heterocycles. The van der Waals surface area contributed by atoms with E-state index in [0.717, 1.165) is 0 Å². The van der Waals surface area contributed by atoms with Crippen molar-refractivity contribution in [1.82, 2.24) is 10.3 Å². The van der Waals surface area contributed by atoms with Crippen molar-refractivity contribution in [2.24, 2.45) is 0 Å². The summed E-state index contributed by atoms with van der Waals surface area (Å²) in [7, 11) is 0. The van der Waals surface area contributed by atoms with Crippen LogP contribution in [-0.2, 0) is 6.54 Å². The highest BCUT2D eigenvalue weighted by Gasteiger charge is 2.27. The molecule has 19 heavy (non-hydrogen) atoms. The minimum absolute atomic E-state index is 0.213. The first-order chi connectivity index (χ1) is 8.58. The molecule has 0 saturated heterocycles. The highest BCUT2D eigenvalue weighted by molar-refractivity contribution is 5.40. The zero-order valence-electron chi connectivity index (χ0n) is 11.0. The van der Waals surface area contributed by atoms with Crippen molar-refractivity contribution in [2.45, 2.75) is 39.0 Å². The van der Waals surface area contributed by atoms with Crippen molar-refractivity contribution in [3.63, 3.8) is 0 Å². The molecule has 0 bridgehead atoms. The highest BCUT2D eigenvalue weighted by atomic mass is 19.4. The maximum atomic E-state index is 13.9. The third kappa shape index (κ3) is 5.87. The first-order valence-corrected chi connectivity index (χ1v) is 5.77. The van der Waals surface area contributed by atoms with Crippen LogP contribution in [0.3, 0.4) is 0 Å². The SMILES string of the molecule is CC(C)(C)NCc1ccnc(NCC(F)(F)F)c1F. The standard InChI is InChI=1S/C12H17F4N3/c1-11(2,3)19-6-8-4-5-17-10(9(8)13)18-7-12(14,15)16/h4-5,19H,6-7H2,1-3H3,(H,17,18). The molecule has 0 unspecified atom stereocenters. The maximum Gasteiger partial charge on any atom is 0.405 e. The Morgan fingerprint density at radius 2 is 1.84 bits per heavy atom. The Morgan fingerprint density at radius 1 is 1.21 bits per heavy atom. The minimum atomic E-state index is -4.41. The molecular formula is C12H17F4N3. The van der Waals surface area contributed by atoms with Gasteiger partial charge in [0.25, 0.3) is 0 Å². The van der Waals surface area contributed by atoms with Crippen LogP contribution in [-0.4, -0.2) is 23.2 Å². The third-order valence-corrected chi connectivity index (χ3v) is 2.23. The number of rotatable bonds is 4. The number of anilines is 1. The van der Waals surface area contributed by atoms with E-state index in [1.807, 2.05) is 26.1 Å². The van der Waals surface area contributed by atoms with E-state index in [1.54, 1.807) is 0 Å². The highest BCUT2D eigenvalue weighted by Crippen LogP contribution is 2.19. The van der Waals surface area contributed by atoms with Crippen molar-refractivity contribution in [3.8, 4) is 0 Å². The average molecular weight is 279 g/mol. The van der Waals surface area contributed by atoms with E-state index in [4.69, 9.17) is 0 Å². The Morgan fingerprint density at radius 3 is 2.37 bits per heavy atom. The van der Waals surface area contributed by atoms with E-state index in [-0.39, 0.29) is 23.5 Å². The number of aromatic nitrogens is 1. The number of nitrogens with one attached hydrogen (secondary N) is 2. The van der Waals surface area contributed by atoms with Gasteiger partial charge in [-0.15, -0.1) is 0 Å². The molecule has 0 aliphatic heterocycles. The van der Waals surface area contributed by atoms with Crippen LogP contribution in [0, 0.1) is 5.82 Å². The Hall–Kier alpha value is -1.37. The van der Waals surface area contributed by atoms with Crippen LogP contribution in [0.1, 0.15) is 26.3 Å². The van der Waals surface area contributed by atoms with E-state index >= 15 is 0 Å². The summed E-state index contributed by atoms with van der Waals surface area (Å²) < 4.78 is 50.0. The van der Waals surface area contributed by atoms with Crippen LogP contribution in [0.15, 0.2) is 12.3 Å². The van der Waals surface area contributed by atoms with Gasteiger partial charge in [0.05, 0.1) is 0 Å². The largest absolute Gasteiger partial charge is 0.405 e. The van der Waals surface area contributed by atoms with E-state index < -0.39 is 18.5 Å². The summed E-state index contributed by atoms with van der Waals surface area (Å²) >= 11 is 0. The number of nitrogens with zero attached hydrogens (tertiary/aromatic N) is 1. The van der Waals surface area contributed by atoms with Crippen molar-refractivity contribution < 1.29 is 17.6 Å². The quantitative estimate of drug-likeness (QED) is 0.832. The molecule has 0 atom stereocenters. The van der Waals surface area contributed by atoms with Gasteiger partial charge in [-0.25, -0.2) is 9.37 Å². The van der Waals surface area contributed by atoms with Crippen molar-refractivity contribution in [2.75, 3.05) is 11.9 Å². The fraction of sp³-hybridized carbons (Fsp3) is 0.583. The van der Waals surface area contributed by atoms with Crippen LogP contribution in [0.25, 0.3) is 0 Å². The molecule has 0 amide bonds. The van der Waals surface area contributed by atoms with Crippen molar-refractivity contribution in [3.05, 3.63) is 23.6 Å². The average Bonchev–Trinajstić information content (AvgIpc) is 2.23. The molecule has 0 aliphatic carbocycles. The van der Waals surface area contributed by atoms with Gasteiger partial charge in [0.1, 0.15) is 6.54 Å². The second kappa shape index (κ2) is 5.73. The molecule has 108 valence electrons. The maximum absolute atomic E-state index is 13.9. The normalized spacial score (nSPS) is 12.6. The van der Waals surface area contributed by atoms with Gasteiger partial charge in [0.2, 0.25) is 0 Å². The van der Waals surface area contributed by atoms with Crippen molar-refractivity contribution in [1.29, 1.82) is 0 Å². The molecular weight excluding hydrogens is 262 g/mol. The van der Waals surface area contributed by atoms with Crippen LogP contribution >= 0.6 is 0 Å². The van der Waals surface area contributed by atoms with Crippen molar-refractivity contribution >= 4 is 5.82 Å². The number of hydrogen-bond donors (Lipinski definition) is 2. The summed E-state index contributed by atoms with van der Waals surface area (Å²) in [5, 5.41) is 5.01. The third-order valence-electron chi connectivity index (χ3n) is 2.23. The molecule has 0 aliphatic rings. The molecule has 0 aromatic carbocycles. The van der Waals surface area contributed by atoms with Gasteiger partial charge in [-0.3, -0.25) is 0 Å². The van der Waals surface area contributed by atoms with Gasteiger partial charge < -0.3 is 10.6 Å². The fourth-order valence-corrected chi connectivity index (χ4v) is 1.29. The predicted octanol–water partition coefficient (Wildman–Crippen LogP) is 3.08. The molecule has 2 N–H and O–H groups in total. The molecule has 0 spiro atoms. The van der Waals surface area contributed by atoms with Crippen LogP contribution in [0.5, 0.6) is 0 Å². The van der Waals surface area contributed by atoms with Gasteiger partial charge in [-0.05, 0) is 26.8 Å². The first-order valence-electron chi connectivity index (χ1n) is 5.77. The summed E-state index contributed by atoms with van der Waals surface area (Å²) in [6.45, 7) is 4.64. The van der Waals surface area contributed by atoms with Crippen LogP contribution < -0.4 is 10.6 Å². The summed E-state index contributed by atoms with van der Waals surface area (Å²) in [5.41, 5.74) is 0.0598. The van der Waals surface area contributed by atoms with Gasteiger partial charge in [-0.1, -0.05) is 0 Å². The number of pyridine rings is 1. The monoisotopic (exact) mass is 279 g/mol. The lowest BCUT2D eigenvalue weighted by atomic mass is 10.1. The first kappa shape index (κ1) is 15.7. The molecule has 1 heterocycles. The number of halogens is 4. The molecule has 0 fully saturated rings. The molecule has 0 radical (unpaired) electrons. The van der Waals surface area contributed by atoms with E-state index in [0.29, 0.717) is 0 Å². The summed E-state index contributed by atoms with van der Waals surface area (Å²) in [6.07, 6.45) is -3.13. The smallest absolute Gasteiger partial charge is 0.359 e. The lowest BCUT2D eigenvalue weighted by molar-refractivity contribution is -0.115. The Balaban J connectivity index is 2.75. The van der Waals surface area contributed by atoms with E-state index in [2.05, 4.69) is 10.3 Å². The molecule has 3 nitrogen and oxygen atoms in total. The second-order valence-corrected chi connectivity index (χ2v) is 5.20. The van der Waals surface area contributed by atoms with Gasteiger partial charge in [0.15, 0.2) is 11.6 Å². The van der Waals surface area contributed by atoms with E-state index in [9.17, 15) is 17.6 Å². The second-order valence-electron chi connectivity index (χ2n) is 5.20. The number of alkyl halides is 3. The summed E-state index contributed by atoms with van der Waals surface area (Å²) in [6, 6.07) is 1.44. The van der Waals surface area contributed by atoms with Gasteiger partial charge in [-0.2, -0.15) is 13.2 Å². The van der Waals surface area contributed by atoms with E-state index in [1.165, 1.54) is 12.3 Å². The lowest BCUT2D eigenvalue weighted by Crippen LogP contribution is -2.35. The molecule has 1 rings (SSSR count). The van der Waals surface area contributed by atoms with Gasteiger partial charge >= 0.3 is 6.18 Å². The number of hydrogen-bond acceptors (Lipinski definition) is 3. The summed E-state index contributed by atoms with van der Waals surface area (Å²) in [4.78, 5) is 3.57.